The van der Waals surface area contributed by atoms with Crippen LogP contribution in [-0.2, 0) is 9.84 Å². The van der Waals surface area contributed by atoms with Crippen LogP contribution in [0.5, 0.6) is 0 Å². The molecule has 0 amide bonds. The lowest BCUT2D eigenvalue weighted by atomic mass is 9.90. The van der Waals surface area contributed by atoms with Gasteiger partial charge in [-0.15, -0.1) is 0 Å². The van der Waals surface area contributed by atoms with Gasteiger partial charge in [0, 0.05) is 11.8 Å². The fraction of sp³-hybridized carbons (Fsp3) is 0.500. The van der Waals surface area contributed by atoms with E-state index in [2.05, 4.69) is 5.32 Å². The molecule has 0 unspecified atom stereocenters. The highest BCUT2D eigenvalue weighted by atomic mass is 32.2. The first-order chi connectivity index (χ1) is 8.00. The van der Waals surface area contributed by atoms with Crippen LogP contribution in [0.1, 0.15) is 24.3 Å². The molecule has 0 saturated carbocycles. The molecule has 0 spiro atoms. The van der Waals surface area contributed by atoms with Crippen molar-refractivity contribution in [3.05, 3.63) is 29.6 Å². The molecule has 0 bridgehead atoms. The van der Waals surface area contributed by atoms with E-state index in [1.807, 2.05) is 0 Å². The minimum atomic E-state index is -3.37. The number of halogens is 1. The Balaban J connectivity index is 2.50. The van der Waals surface area contributed by atoms with Crippen molar-refractivity contribution in [2.24, 2.45) is 0 Å². The van der Waals surface area contributed by atoms with E-state index in [9.17, 15) is 12.8 Å². The fourth-order valence-electron chi connectivity index (χ4n) is 2.35. The summed E-state index contributed by atoms with van der Waals surface area (Å²) in [5.74, 6) is -0.401. The van der Waals surface area contributed by atoms with E-state index < -0.39 is 15.7 Å². The van der Waals surface area contributed by atoms with Crippen molar-refractivity contribution in [2.45, 2.75) is 23.7 Å². The first-order valence-corrected chi connectivity index (χ1v) is 7.58. The number of hydrogen-bond acceptors (Lipinski definition) is 3. The summed E-state index contributed by atoms with van der Waals surface area (Å²) >= 11 is 0. The van der Waals surface area contributed by atoms with Gasteiger partial charge in [-0.3, -0.25) is 0 Å². The lowest BCUT2D eigenvalue weighted by Crippen LogP contribution is -2.27. The van der Waals surface area contributed by atoms with Crippen LogP contribution in [0, 0.1) is 5.82 Å². The maximum absolute atomic E-state index is 13.9. The van der Waals surface area contributed by atoms with Crippen molar-refractivity contribution in [2.75, 3.05) is 19.3 Å². The quantitative estimate of drug-likeness (QED) is 0.877. The number of piperidine rings is 1. The molecule has 94 valence electrons. The summed E-state index contributed by atoms with van der Waals surface area (Å²) in [6.45, 7) is 1.62. The SMILES string of the molecule is CS(=O)(=O)c1cccc(F)c1C1CCNCC1. The maximum Gasteiger partial charge on any atom is 0.175 e. The molecule has 1 saturated heterocycles. The third kappa shape index (κ3) is 2.66. The summed E-state index contributed by atoms with van der Waals surface area (Å²) in [6, 6.07) is 4.29. The van der Waals surface area contributed by atoms with E-state index in [1.54, 1.807) is 0 Å². The van der Waals surface area contributed by atoms with Crippen LogP contribution < -0.4 is 5.32 Å². The first kappa shape index (κ1) is 12.5. The number of sulfone groups is 1. The molecule has 1 aromatic carbocycles. The van der Waals surface area contributed by atoms with Gasteiger partial charge in [0.05, 0.1) is 4.90 Å². The van der Waals surface area contributed by atoms with Crippen molar-refractivity contribution in [1.29, 1.82) is 0 Å². The smallest absolute Gasteiger partial charge is 0.175 e. The molecule has 1 fully saturated rings. The second-order valence-corrected chi connectivity index (χ2v) is 6.43. The first-order valence-electron chi connectivity index (χ1n) is 5.69. The van der Waals surface area contributed by atoms with Crippen molar-refractivity contribution >= 4 is 9.84 Å². The molecule has 17 heavy (non-hydrogen) atoms. The van der Waals surface area contributed by atoms with Gasteiger partial charge in [0.2, 0.25) is 0 Å². The number of nitrogens with one attached hydrogen (secondary N) is 1. The molecule has 1 heterocycles. The van der Waals surface area contributed by atoms with Gasteiger partial charge in [-0.25, -0.2) is 12.8 Å². The van der Waals surface area contributed by atoms with Gasteiger partial charge in [-0.2, -0.15) is 0 Å². The standard InChI is InChI=1S/C12H16FNO2S/c1-17(15,16)11-4-2-3-10(13)12(11)9-5-7-14-8-6-9/h2-4,9,14H,5-8H2,1H3. The summed E-state index contributed by atoms with van der Waals surface area (Å²) in [7, 11) is -3.37. The highest BCUT2D eigenvalue weighted by Crippen LogP contribution is 2.32. The highest BCUT2D eigenvalue weighted by molar-refractivity contribution is 7.90. The van der Waals surface area contributed by atoms with E-state index in [0.717, 1.165) is 32.2 Å². The average Bonchev–Trinajstić information content (AvgIpc) is 2.28. The molecule has 5 heteroatoms. The number of benzene rings is 1. The molecule has 0 atom stereocenters. The Morgan fingerprint density at radius 2 is 1.94 bits per heavy atom. The molecule has 3 nitrogen and oxygen atoms in total. The molecule has 1 aromatic rings. The maximum atomic E-state index is 13.9. The predicted octanol–water partition coefficient (Wildman–Crippen LogP) is 1.70. The summed E-state index contributed by atoms with van der Waals surface area (Å²) < 4.78 is 37.2. The van der Waals surface area contributed by atoms with Gasteiger partial charge in [-0.05, 0) is 44.0 Å². The summed E-state index contributed by atoms with van der Waals surface area (Å²) in [5, 5.41) is 3.19. The molecule has 0 aromatic heterocycles. The van der Waals surface area contributed by atoms with Gasteiger partial charge in [0.25, 0.3) is 0 Å². The second-order valence-electron chi connectivity index (χ2n) is 4.45. The van der Waals surface area contributed by atoms with E-state index in [1.165, 1.54) is 18.2 Å². The zero-order valence-corrected chi connectivity index (χ0v) is 10.6. The van der Waals surface area contributed by atoms with Crippen molar-refractivity contribution in [1.82, 2.24) is 5.32 Å². The Morgan fingerprint density at radius 3 is 2.53 bits per heavy atom. The van der Waals surface area contributed by atoms with Crippen LogP contribution >= 0.6 is 0 Å². The lowest BCUT2D eigenvalue weighted by Gasteiger charge is -2.25. The third-order valence-corrected chi connectivity index (χ3v) is 4.31. The van der Waals surface area contributed by atoms with E-state index in [-0.39, 0.29) is 10.8 Å². The largest absolute Gasteiger partial charge is 0.317 e. The van der Waals surface area contributed by atoms with Crippen molar-refractivity contribution in [3.63, 3.8) is 0 Å². The fourth-order valence-corrected chi connectivity index (χ4v) is 3.34. The number of hydrogen-bond donors (Lipinski definition) is 1. The number of rotatable bonds is 2. The van der Waals surface area contributed by atoms with Crippen LogP contribution in [-0.4, -0.2) is 27.8 Å². The molecule has 1 aliphatic heterocycles. The van der Waals surface area contributed by atoms with E-state index >= 15 is 0 Å². The molecule has 1 N–H and O–H groups in total. The van der Waals surface area contributed by atoms with Gasteiger partial charge >= 0.3 is 0 Å². The summed E-state index contributed by atoms with van der Waals surface area (Å²) in [5.41, 5.74) is 0.372. The third-order valence-electron chi connectivity index (χ3n) is 3.16. The van der Waals surface area contributed by atoms with Gasteiger partial charge < -0.3 is 5.32 Å². The van der Waals surface area contributed by atoms with Crippen molar-refractivity contribution in [3.8, 4) is 0 Å². The molecule has 0 radical (unpaired) electrons. The van der Waals surface area contributed by atoms with E-state index in [0.29, 0.717) is 5.56 Å². The van der Waals surface area contributed by atoms with Crippen LogP contribution in [0.3, 0.4) is 0 Å². The molecule has 1 aliphatic rings. The molecular formula is C12H16FNO2S. The molecule has 2 rings (SSSR count). The lowest BCUT2D eigenvalue weighted by molar-refractivity contribution is 0.438. The minimum Gasteiger partial charge on any atom is -0.317 e. The van der Waals surface area contributed by atoms with Gasteiger partial charge in [-0.1, -0.05) is 6.07 Å². The molecule has 0 aliphatic carbocycles. The highest BCUT2D eigenvalue weighted by Gasteiger charge is 2.25. The second kappa shape index (κ2) is 4.74. The Hall–Kier alpha value is -0.940. The predicted molar refractivity (Wildman–Crippen MR) is 64.4 cm³/mol. The van der Waals surface area contributed by atoms with Crippen LogP contribution in [0.2, 0.25) is 0 Å². The average molecular weight is 257 g/mol. The topological polar surface area (TPSA) is 46.2 Å². The van der Waals surface area contributed by atoms with Gasteiger partial charge in [0.1, 0.15) is 5.82 Å². The van der Waals surface area contributed by atoms with E-state index in [4.69, 9.17) is 0 Å². The summed E-state index contributed by atoms with van der Waals surface area (Å²) in [4.78, 5) is 0.143. The van der Waals surface area contributed by atoms with Crippen LogP contribution in [0.15, 0.2) is 23.1 Å². The Bertz CT molecular complexity index is 507. The van der Waals surface area contributed by atoms with Crippen LogP contribution in [0.4, 0.5) is 4.39 Å². The monoisotopic (exact) mass is 257 g/mol. The summed E-state index contributed by atoms with van der Waals surface area (Å²) in [6.07, 6.45) is 2.69. The Morgan fingerprint density at radius 1 is 1.29 bits per heavy atom. The Labute approximate surface area is 101 Å². The zero-order valence-electron chi connectivity index (χ0n) is 9.74. The van der Waals surface area contributed by atoms with Crippen molar-refractivity contribution < 1.29 is 12.8 Å². The normalized spacial score (nSPS) is 18.2. The van der Waals surface area contributed by atoms with Gasteiger partial charge in [0.15, 0.2) is 9.84 Å². The zero-order chi connectivity index (χ0) is 12.5. The minimum absolute atomic E-state index is 0.00201. The molecular weight excluding hydrogens is 241 g/mol. The Kier molecular flexibility index (Phi) is 3.49. The van der Waals surface area contributed by atoms with Crippen LogP contribution in [0.25, 0.3) is 0 Å².